The van der Waals surface area contributed by atoms with E-state index >= 15 is 0 Å². The molecule has 0 radical (unpaired) electrons. The molecular formula is C18H13NO6. The molecule has 0 atom stereocenters. The highest BCUT2D eigenvalue weighted by Crippen LogP contribution is 2.39. The Labute approximate surface area is 142 Å². The number of methoxy groups -OCH3 is 1. The van der Waals surface area contributed by atoms with Crippen molar-refractivity contribution >= 4 is 17.5 Å². The fourth-order valence-electron chi connectivity index (χ4n) is 2.96. The Morgan fingerprint density at radius 1 is 1.12 bits per heavy atom. The summed E-state index contributed by atoms with van der Waals surface area (Å²) >= 11 is 0. The van der Waals surface area contributed by atoms with Gasteiger partial charge in [-0.1, -0.05) is 6.07 Å². The first-order valence-electron chi connectivity index (χ1n) is 7.46. The van der Waals surface area contributed by atoms with Crippen LogP contribution in [0.3, 0.4) is 0 Å². The van der Waals surface area contributed by atoms with Crippen LogP contribution < -0.4 is 9.47 Å². The van der Waals surface area contributed by atoms with Crippen LogP contribution in [0, 0.1) is 0 Å². The number of aromatic carboxylic acids is 1. The van der Waals surface area contributed by atoms with Gasteiger partial charge in [0.25, 0.3) is 0 Å². The maximum atomic E-state index is 12.1. The van der Waals surface area contributed by atoms with Crippen molar-refractivity contribution in [2.75, 3.05) is 13.9 Å². The standard InChI is InChI=1S/C18H13NO6/c1-23-18(22)12-6-14(19-5-3-2-4-13(12)19)10-7-15-16(25-9-24-15)8-11(10)17(20)21/h2-8H,9H2,1H3,(H,20,21). The highest BCUT2D eigenvalue weighted by molar-refractivity contribution is 6.02. The van der Waals surface area contributed by atoms with E-state index in [4.69, 9.17) is 14.2 Å². The van der Waals surface area contributed by atoms with Crippen molar-refractivity contribution in [3.63, 3.8) is 0 Å². The number of carboxylic acids is 1. The number of hydrogen-bond donors (Lipinski definition) is 1. The van der Waals surface area contributed by atoms with Crippen molar-refractivity contribution < 1.29 is 28.9 Å². The lowest BCUT2D eigenvalue weighted by Crippen LogP contribution is -2.01. The summed E-state index contributed by atoms with van der Waals surface area (Å²) in [5.74, 6) is -0.743. The van der Waals surface area contributed by atoms with Crippen molar-refractivity contribution in [2.45, 2.75) is 0 Å². The van der Waals surface area contributed by atoms with E-state index in [9.17, 15) is 14.7 Å². The van der Waals surface area contributed by atoms with E-state index in [0.29, 0.717) is 33.8 Å². The van der Waals surface area contributed by atoms with Gasteiger partial charge in [-0.2, -0.15) is 0 Å². The number of esters is 1. The highest BCUT2D eigenvalue weighted by atomic mass is 16.7. The highest BCUT2D eigenvalue weighted by Gasteiger charge is 2.25. The molecule has 126 valence electrons. The molecule has 1 aliphatic heterocycles. The fraction of sp³-hybridized carbons (Fsp3) is 0.111. The second-order valence-electron chi connectivity index (χ2n) is 5.45. The third kappa shape index (κ3) is 2.28. The Hall–Kier alpha value is -3.48. The molecule has 1 N–H and O–H groups in total. The molecule has 0 unspecified atom stereocenters. The lowest BCUT2D eigenvalue weighted by molar-refractivity contribution is 0.0602. The van der Waals surface area contributed by atoms with Crippen LogP contribution in [0.25, 0.3) is 16.8 Å². The van der Waals surface area contributed by atoms with Gasteiger partial charge in [0.15, 0.2) is 11.5 Å². The van der Waals surface area contributed by atoms with Gasteiger partial charge in [0.1, 0.15) is 0 Å². The van der Waals surface area contributed by atoms with Crippen molar-refractivity contribution in [1.29, 1.82) is 0 Å². The number of ether oxygens (including phenoxy) is 3. The topological polar surface area (TPSA) is 86.5 Å². The maximum absolute atomic E-state index is 12.1. The molecule has 0 fully saturated rings. The number of fused-ring (bicyclic) bond motifs is 2. The van der Waals surface area contributed by atoms with Crippen LogP contribution in [0.2, 0.25) is 0 Å². The van der Waals surface area contributed by atoms with Crippen molar-refractivity contribution in [2.24, 2.45) is 0 Å². The number of nitrogens with zero attached hydrogens (tertiary/aromatic N) is 1. The van der Waals surface area contributed by atoms with Crippen molar-refractivity contribution in [1.82, 2.24) is 4.40 Å². The summed E-state index contributed by atoms with van der Waals surface area (Å²) in [5, 5.41) is 9.60. The predicted octanol–water partition coefficient (Wildman–Crippen LogP) is 2.82. The summed E-state index contributed by atoms with van der Waals surface area (Å²) in [6.07, 6.45) is 1.76. The Morgan fingerprint density at radius 3 is 2.60 bits per heavy atom. The second kappa shape index (κ2) is 5.55. The second-order valence-corrected chi connectivity index (χ2v) is 5.45. The zero-order valence-corrected chi connectivity index (χ0v) is 13.2. The number of hydrogen-bond acceptors (Lipinski definition) is 5. The molecule has 4 rings (SSSR count). The zero-order chi connectivity index (χ0) is 17.6. The SMILES string of the molecule is COC(=O)c1cc(-c2cc3c(cc2C(=O)O)OCO3)n2ccccc12. The predicted molar refractivity (Wildman–Crippen MR) is 87.3 cm³/mol. The van der Waals surface area contributed by atoms with Crippen molar-refractivity contribution in [3.05, 3.63) is 53.7 Å². The summed E-state index contributed by atoms with van der Waals surface area (Å²) in [6, 6.07) is 10.0. The van der Waals surface area contributed by atoms with E-state index in [-0.39, 0.29) is 12.4 Å². The van der Waals surface area contributed by atoms with Gasteiger partial charge in [-0.25, -0.2) is 9.59 Å². The number of carbonyl (C=O) groups excluding carboxylic acids is 1. The van der Waals surface area contributed by atoms with Gasteiger partial charge in [0.2, 0.25) is 6.79 Å². The maximum Gasteiger partial charge on any atom is 0.340 e. The van der Waals surface area contributed by atoms with Gasteiger partial charge in [-0.05, 0) is 30.3 Å². The van der Waals surface area contributed by atoms with Gasteiger partial charge in [-0.3, -0.25) is 0 Å². The monoisotopic (exact) mass is 339 g/mol. The molecule has 25 heavy (non-hydrogen) atoms. The third-order valence-electron chi connectivity index (χ3n) is 4.10. The molecular weight excluding hydrogens is 326 g/mol. The molecule has 0 bridgehead atoms. The van der Waals surface area contributed by atoms with Gasteiger partial charge < -0.3 is 23.7 Å². The van der Waals surface area contributed by atoms with E-state index in [1.807, 2.05) is 0 Å². The molecule has 7 heteroatoms. The van der Waals surface area contributed by atoms with Crippen LogP contribution in [0.15, 0.2) is 42.6 Å². The van der Waals surface area contributed by atoms with E-state index < -0.39 is 11.9 Å². The van der Waals surface area contributed by atoms with Gasteiger partial charge in [0, 0.05) is 11.8 Å². The quantitative estimate of drug-likeness (QED) is 0.739. The third-order valence-corrected chi connectivity index (χ3v) is 4.10. The summed E-state index contributed by atoms with van der Waals surface area (Å²) in [6.45, 7) is 0.0418. The van der Waals surface area contributed by atoms with Gasteiger partial charge in [-0.15, -0.1) is 0 Å². The summed E-state index contributed by atoms with van der Waals surface area (Å²) < 4.78 is 17.2. The normalized spacial score (nSPS) is 12.4. The Bertz CT molecular complexity index is 1020. The first-order chi connectivity index (χ1) is 12.1. The molecule has 0 saturated carbocycles. The van der Waals surface area contributed by atoms with E-state index in [1.165, 1.54) is 13.2 Å². The zero-order valence-electron chi connectivity index (χ0n) is 13.2. The number of aromatic nitrogens is 1. The Morgan fingerprint density at radius 2 is 1.88 bits per heavy atom. The number of carboxylic acid groups (broad SMARTS) is 1. The van der Waals surface area contributed by atoms with E-state index in [0.717, 1.165) is 0 Å². The first kappa shape index (κ1) is 15.1. The van der Waals surface area contributed by atoms with E-state index in [2.05, 4.69) is 0 Å². The number of rotatable bonds is 3. The number of carbonyl (C=O) groups is 2. The average Bonchev–Trinajstić information content (AvgIpc) is 3.23. The van der Waals surface area contributed by atoms with Crippen LogP contribution in [-0.2, 0) is 4.74 Å². The van der Waals surface area contributed by atoms with Crippen LogP contribution in [0.5, 0.6) is 11.5 Å². The van der Waals surface area contributed by atoms with Crippen LogP contribution in [0.1, 0.15) is 20.7 Å². The minimum absolute atomic E-state index is 0.0418. The molecule has 3 heterocycles. The molecule has 1 aliphatic rings. The molecule has 7 nitrogen and oxygen atoms in total. The first-order valence-corrected chi connectivity index (χ1v) is 7.46. The lowest BCUT2D eigenvalue weighted by Gasteiger charge is -2.08. The minimum Gasteiger partial charge on any atom is -0.478 e. The van der Waals surface area contributed by atoms with Gasteiger partial charge in [0.05, 0.1) is 29.4 Å². The minimum atomic E-state index is -1.10. The average molecular weight is 339 g/mol. The molecule has 0 spiro atoms. The molecule has 0 saturated heterocycles. The largest absolute Gasteiger partial charge is 0.478 e. The summed E-state index contributed by atoms with van der Waals surface area (Å²) in [5.41, 5.74) is 2.01. The molecule has 1 aromatic carbocycles. The molecule has 0 aliphatic carbocycles. The van der Waals surface area contributed by atoms with Crippen LogP contribution in [-0.4, -0.2) is 35.3 Å². The Balaban J connectivity index is 2.02. The Kier molecular flexibility index (Phi) is 3.35. The molecule has 3 aromatic rings. The van der Waals surface area contributed by atoms with Crippen molar-refractivity contribution in [3.8, 4) is 22.8 Å². The summed E-state index contributed by atoms with van der Waals surface area (Å²) in [4.78, 5) is 23.8. The molecule has 2 aromatic heterocycles. The van der Waals surface area contributed by atoms with Crippen LogP contribution in [0.4, 0.5) is 0 Å². The lowest BCUT2D eigenvalue weighted by atomic mass is 10.0. The fourth-order valence-corrected chi connectivity index (χ4v) is 2.96. The number of benzene rings is 1. The molecule has 0 amide bonds. The van der Waals surface area contributed by atoms with E-state index in [1.54, 1.807) is 40.9 Å². The smallest absolute Gasteiger partial charge is 0.340 e. The number of pyridine rings is 1. The van der Waals surface area contributed by atoms with Gasteiger partial charge >= 0.3 is 11.9 Å². The van der Waals surface area contributed by atoms with Crippen LogP contribution >= 0.6 is 0 Å². The summed E-state index contributed by atoms with van der Waals surface area (Å²) in [7, 11) is 1.30.